The Bertz CT molecular complexity index is 162. The number of ether oxygens (including phenoxy) is 1. The quantitative estimate of drug-likeness (QED) is 0.689. The lowest BCUT2D eigenvalue weighted by atomic mass is 10.5. The molecule has 1 unspecified atom stereocenters. The summed E-state index contributed by atoms with van der Waals surface area (Å²) in [6.45, 7) is 8.81. The number of thioether (sulfide) groups is 1. The molecule has 0 aliphatic carbocycles. The summed E-state index contributed by atoms with van der Waals surface area (Å²) < 4.78 is 4.92. The van der Waals surface area contributed by atoms with Crippen molar-refractivity contribution in [2.75, 3.05) is 26.8 Å². The van der Waals surface area contributed by atoms with Crippen LogP contribution in [0.3, 0.4) is 0 Å². The number of rotatable bonds is 5. The van der Waals surface area contributed by atoms with Gasteiger partial charge in [0.1, 0.15) is 0 Å². The van der Waals surface area contributed by atoms with E-state index in [1.165, 1.54) is 4.91 Å². The molecule has 0 aromatic carbocycles. The van der Waals surface area contributed by atoms with Gasteiger partial charge in [0.25, 0.3) is 0 Å². The first-order valence-corrected chi connectivity index (χ1v) is 6.00. The van der Waals surface area contributed by atoms with Crippen molar-refractivity contribution >= 4 is 11.8 Å². The molecule has 0 spiro atoms. The average molecular weight is 218 g/mol. The monoisotopic (exact) mass is 218 g/mol. The average Bonchev–Trinajstić information content (AvgIpc) is 2.62. The van der Waals surface area contributed by atoms with E-state index in [2.05, 4.69) is 23.8 Å². The summed E-state index contributed by atoms with van der Waals surface area (Å²) in [6.07, 6.45) is 2.06. The Labute approximate surface area is 91.7 Å². The van der Waals surface area contributed by atoms with Crippen molar-refractivity contribution in [1.29, 1.82) is 0 Å². The lowest BCUT2D eigenvalue weighted by molar-refractivity contribution is 0.199. The molecule has 1 heterocycles. The number of methoxy groups -OCH3 is 1. The third-order valence-electron chi connectivity index (χ3n) is 1.61. The highest BCUT2D eigenvalue weighted by Gasteiger charge is 2.12. The van der Waals surface area contributed by atoms with Gasteiger partial charge in [-0.05, 0) is 11.8 Å². The molecular weight excluding hydrogens is 196 g/mol. The summed E-state index contributed by atoms with van der Waals surface area (Å²) in [5.41, 5.74) is 0. The molecule has 1 aliphatic rings. The lowest BCUT2D eigenvalue weighted by Crippen LogP contribution is -2.32. The van der Waals surface area contributed by atoms with Crippen LogP contribution in [-0.2, 0) is 4.74 Å². The van der Waals surface area contributed by atoms with Crippen LogP contribution in [0.15, 0.2) is 11.1 Å². The van der Waals surface area contributed by atoms with Crippen molar-refractivity contribution in [3.8, 4) is 0 Å². The standard InChI is InChI=1S/C8H16N2OS.C2H6/c1-7-5-10-8(12-7)6-9-3-4-11-2;1-2/h5,8-10H,3-4,6H2,1-2H3;1-2H3. The van der Waals surface area contributed by atoms with Gasteiger partial charge in [-0.25, -0.2) is 0 Å². The maximum absolute atomic E-state index is 4.92. The maximum atomic E-state index is 4.92. The summed E-state index contributed by atoms with van der Waals surface area (Å²) in [6, 6.07) is 0. The third kappa shape index (κ3) is 6.29. The predicted molar refractivity (Wildman–Crippen MR) is 64.4 cm³/mol. The molecular formula is C10H22N2OS. The van der Waals surface area contributed by atoms with Crippen LogP contribution in [0.5, 0.6) is 0 Å². The molecule has 1 aliphatic heterocycles. The Morgan fingerprint density at radius 2 is 2.29 bits per heavy atom. The molecule has 0 aromatic heterocycles. The summed E-state index contributed by atoms with van der Waals surface area (Å²) in [7, 11) is 1.72. The Balaban J connectivity index is 0.000000791. The normalized spacial score (nSPS) is 19.4. The zero-order valence-electron chi connectivity index (χ0n) is 9.59. The van der Waals surface area contributed by atoms with E-state index in [1.807, 2.05) is 25.6 Å². The molecule has 0 bridgehead atoms. The van der Waals surface area contributed by atoms with Crippen molar-refractivity contribution in [3.63, 3.8) is 0 Å². The van der Waals surface area contributed by atoms with Crippen molar-refractivity contribution in [1.82, 2.24) is 10.6 Å². The van der Waals surface area contributed by atoms with Gasteiger partial charge in [-0.1, -0.05) is 13.8 Å². The first-order chi connectivity index (χ1) is 6.83. The van der Waals surface area contributed by atoms with E-state index >= 15 is 0 Å². The SMILES string of the molecule is CC.COCCNCC1NC=C(C)S1. The Morgan fingerprint density at radius 1 is 1.57 bits per heavy atom. The molecule has 4 heteroatoms. The van der Waals surface area contributed by atoms with Crippen molar-refractivity contribution in [2.45, 2.75) is 26.1 Å². The van der Waals surface area contributed by atoms with Crippen molar-refractivity contribution in [2.24, 2.45) is 0 Å². The number of hydrogen-bond donors (Lipinski definition) is 2. The molecule has 1 rings (SSSR count). The van der Waals surface area contributed by atoms with Crippen molar-refractivity contribution in [3.05, 3.63) is 11.1 Å². The van der Waals surface area contributed by atoms with E-state index in [-0.39, 0.29) is 0 Å². The van der Waals surface area contributed by atoms with Gasteiger partial charge in [-0.15, -0.1) is 11.8 Å². The minimum absolute atomic E-state index is 0.502. The zero-order chi connectivity index (χ0) is 10.8. The highest BCUT2D eigenvalue weighted by Crippen LogP contribution is 2.23. The minimum atomic E-state index is 0.502. The maximum Gasteiger partial charge on any atom is 0.0887 e. The van der Waals surface area contributed by atoms with Crippen LogP contribution in [-0.4, -0.2) is 32.2 Å². The minimum Gasteiger partial charge on any atom is -0.383 e. The molecule has 0 radical (unpaired) electrons. The fraction of sp³-hybridized carbons (Fsp3) is 0.800. The van der Waals surface area contributed by atoms with Crippen LogP contribution in [0, 0.1) is 0 Å². The van der Waals surface area contributed by atoms with E-state index in [9.17, 15) is 0 Å². The van der Waals surface area contributed by atoms with Gasteiger partial charge in [-0.3, -0.25) is 0 Å². The van der Waals surface area contributed by atoms with Crippen LogP contribution in [0.2, 0.25) is 0 Å². The van der Waals surface area contributed by atoms with Gasteiger partial charge in [-0.2, -0.15) is 0 Å². The molecule has 0 saturated carbocycles. The van der Waals surface area contributed by atoms with Crippen LogP contribution in [0.4, 0.5) is 0 Å². The highest BCUT2D eigenvalue weighted by atomic mass is 32.2. The van der Waals surface area contributed by atoms with Gasteiger partial charge in [0.15, 0.2) is 0 Å². The van der Waals surface area contributed by atoms with E-state index in [1.54, 1.807) is 7.11 Å². The van der Waals surface area contributed by atoms with Gasteiger partial charge >= 0.3 is 0 Å². The van der Waals surface area contributed by atoms with Gasteiger partial charge < -0.3 is 15.4 Å². The molecule has 3 nitrogen and oxygen atoms in total. The summed E-state index contributed by atoms with van der Waals surface area (Å²) >= 11 is 1.87. The fourth-order valence-corrected chi connectivity index (χ4v) is 1.93. The molecule has 1 atom stereocenters. The summed E-state index contributed by atoms with van der Waals surface area (Å²) in [5.74, 6) is 0. The van der Waals surface area contributed by atoms with Gasteiger partial charge in [0.2, 0.25) is 0 Å². The molecule has 0 aromatic rings. The smallest absolute Gasteiger partial charge is 0.0887 e. The van der Waals surface area contributed by atoms with E-state index in [0.717, 1.165) is 19.7 Å². The van der Waals surface area contributed by atoms with E-state index in [4.69, 9.17) is 4.74 Å². The van der Waals surface area contributed by atoms with Crippen LogP contribution in [0.1, 0.15) is 20.8 Å². The first kappa shape index (κ1) is 13.8. The van der Waals surface area contributed by atoms with Crippen LogP contribution in [0.25, 0.3) is 0 Å². The Hall–Kier alpha value is -0.190. The predicted octanol–water partition coefficient (Wildman–Crippen LogP) is 1.77. The van der Waals surface area contributed by atoms with Crippen molar-refractivity contribution < 1.29 is 4.74 Å². The van der Waals surface area contributed by atoms with Crippen LogP contribution < -0.4 is 10.6 Å². The zero-order valence-corrected chi connectivity index (χ0v) is 10.4. The van der Waals surface area contributed by atoms with E-state index in [0.29, 0.717) is 5.37 Å². The number of hydrogen-bond acceptors (Lipinski definition) is 4. The second kappa shape index (κ2) is 9.37. The Kier molecular flexibility index (Phi) is 9.24. The molecule has 0 amide bonds. The Morgan fingerprint density at radius 3 is 2.79 bits per heavy atom. The third-order valence-corrected chi connectivity index (χ3v) is 2.69. The highest BCUT2D eigenvalue weighted by molar-refractivity contribution is 8.03. The second-order valence-electron chi connectivity index (χ2n) is 2.73. The lowest BCUT2D eigenvalue weighted by Gasteiger charge is -2.11. The van der Waals surface area contributed by atoms with E-state index < -0.39 is 0 Å². The topological polar surface area (TPSA) is 33.3 Å². The summed E-state index contributed by atoms with van der Waals surface area (Å²) in [5, 5.41) is 7.09. The molecule has 14 heavy (non-hydrogen) atoms. The number of nitrogens with one attached hydrogen (secondary N) is 2. The fourth-order valence-electron chi connectivity index (χ4n) is 1.01. The molecule has 2 N–H and O–H groups in total. The van der Waals surface area contributed by atoms with Gasteiger partial charge in [0.05, 0.1) is 12.0 Å². The summed E-state index contributed by atoms with van der Waals surface area (Å²) in [4.78, 5) is 1.36. The van der Waals surface area contributed by atoms with Crippen LogP contribution >= 0.6 is 11.8 Å². The first-order valence-electron chi connectivity index (χ1n) is 5.12. The molecule has 84 valence electrons. The second-order valence-corrected chi connectivity index (χ2v) is 4.17. The largest absolute Gasteiger partial charge is 0.383 e. The number of allylic oxidation sites excluding steroid dienone is 1. The van der Waals surface area contributed by atoms with Gasteiger partial charge in [0, 0.05) is 26.4 Å². The molecule has 0 fully saturated rings. The molecule has 0 saturated heterocycles.